The quantitative estimate of drug-likeness (QED) is 0.618. The maximum absolute atomic E-state index is 11.2. The second kappa shape index (κ2) is 5.53. The highest BCUT2D eigenvalue weighted by Gasteiger charge is 2.11. The third-order valence-corrected chi connectivity index (χ3v) is 1.58. The Hall–Kier alpha value is -1.10. The fourth-order valence-corrected chi connectivity index (χ4v) is 0.819. The first kappa shape index (κ1) is 11.9. The smallest absolute Gasteiger partial charge is 0.305 e. The molecule has 0 aliphatic rings. The van der Waals surface area contributed by atoms with E-state index in [-0.39, 0.29) is 31.3 Å². The molecule has 0 aromatic carbocycles. The summed E-state index contributed by atoms with van der Waals surface area (Å²) < 4.78 is 0. The van der Waals surface area contributed by atoms with E-state index in [1.54, 1.807) is 14.0 Å². The van der Waals surface area contributed by atoms with Crippen LogP contribution in [0.15, 0.2) is 0 Å². The number of rotatable bonds is 5. The fraction of sp³-hybridized carbons (Fsp3) is 0.750. The summed E-state index contributed by atoms with van der Waals surface area (Å²) in [6, 6.07) is -0.181. The van der Waals surface area contributed by atoms with E-state index >= 15 is 0 Å². The van der Waals surface area contributed by atoms with Crippen LogP contribution in [-0.4, -0.2) is 41.5 Å². The Morgan fingerprint density at radius 3 is 2.46 bits per heavy atom. The zero-order valence-corrected chi connectivity index (χ0v) is 7.99. The zero-order valence-electron chi connectivity index (χ0n) is 7.99. The maximum Gasteiger partial charge on any atom is 0.305 e. The van der Waals surface area contributed by atoms with Gasteiger partial charge in [-0.05, 0) is 6.92 Å². The summed E-state index contributed by atoms with van der Waals surface area (Å²) in [6.07, 6.45) is 0.233. The SMILES string of the molecule is CC(N)CC(=O)N(C)CCC(=O)O. The number of hydrogen-bond acceptors (Lipinski definition) is 3. The first-order valence-corrected chi connectivity index (χ1v) is 4.14. The van der Waals surface area contributed by atoms with Gasteiger partial charge < -0.3 is 15.7 Å². The van der Waals surface area contributed by atoms with Gasteiger partial charge in [0.15, 0.2) is 0 Å². The second-order valence-electron chi connectivity index (χ2n) is 3.14. The molecule has 0 heterocycles. The van der Waals surface area contributed by atoms with Gasteiger partial charge in [0.25, 0.3) is 0 Å². The summed E-state index contributed by atoms with van der Waals surface area (Å²) in [6.45, 7) is 1.98. The van der Waals surface area contributed by atoms with E-state index in [0.29, 0.717) is 0 Å². The largest absolute Gasteiger partial charge is 0.481 e. The van der Waals surface area contributed by atoms with Crippen molar-refractivity contribution in [1.82, 2.24) is 4.90 Å². The minimum absolute atomic E-state index is 0.0266. The second-order valence-corrected chi connectivity index (χ2v) is 3.14. The molecule has 0 aliphatic carbocycles. The van der Waals surface area contributed by atoms with Crippen molar-refractivity contribution in [2.45, 2.75) is 25.8 Å². The standard InChI is InChI=1S/C8H16N2O3/c1-6(9)5-7(11)10(2)4-3-8(12)13/h6H,3-5,9H2,1-2H3,(H,12,13). The lowest BCUT2D eigenvalue weighted by atomic mass is 10.2. The fourth-order valence-electron chi connectivity index (χ4n) is 0.819. The molecule has 0 aromatic heterocycles. The van der Waals surface area contributed by atoms with Gasteiger partial charge in [-0.3, -0.25) is 9.59 Å². The topological polar surface area (TPSA) is 83.6 Å². The summed E-state index contributed by atoms with van der Waals surface area (Å²) in [7, 11) is 1.58. The van der Waals surface area contributed by atoms with Crippen molar-refractivity contribution >= 4 is 11.9 Å². The van der Waals surface area contributed by atoms with E-state index < -0.39 is 5.97 Å². The van der Waals surface area contributed by atoms with Gasteiger partial charge in [-0.25, -0.2) is 0 Å². The molecule has 13 heavy (non-hydrogen) atoms. The van der Waals surface area contributed by atoms with Gasteiger partial charge >= 0.3 is 5.97 Å². The van der Waals surface area contributed by atoms with Crippen molar-refractivity contribution in [1.29, 1.82) is 0 Å². The monoisotopic (exact) mass is 188 g/mol. The summed E-state index contributed by atoms with van der Waals surface area (Å²) in [4.78, 5) is 22.8. The molecule has 0 aliphatic heterocycles. The molecule has 3 N–H and O–H groups in total. The Morgan fingerprint density at radius 1 is 1.54 bits per heavy atom. The third kappa shape index (κ3) is 6.10. The van der Waals surface area contributed by atoms with Gasteiger partial charge in [-0.1, -0.05) is 0 Å². The number of hydrogen-bond donors (Lipinski definition) is 2. The van der Waals surface area contributed by atoms with Crippen LogP contribution < -0.4 is 5.73 Å². The number of amides is 1. The lowest BCUT2D eigenvalue weighted by molar-refractivity contribution is -0.138. The molecule has 0 fully saturated rings. The number of carboxylic acids is 1. The third-order valence-electron chi connectivity index (χ3n) is 1.58. The molecule has 0 aromatic rings. The van der Waals surface area contributed by atoms with Crippen LogP contribution in [-0.2, 0) is 9.59 Å². The van der Waals surface area contributed by atoms with Crippen molar-refractivity contribution in [2.75, 3.05) is 13.6 Å². The summed E-state index contributed by atoms with van der Waals surface area (Å²) in [5.74, 6) is -1.02. The molecule has 0 saturated heterocycles. The molecular weight excluding hydrogens is 172 g/mol. The van der Waals surface area contributed by atoms with E-state index in [9.17, 15) is 9.59 Å². The molecule has 1 unspecified atom stereocenters. The average molecular weight is 188 g/mol. The molecule has 1 atom stereocenters. The molecule has 0 radical (unpaired) electrons. The highest BCUT2D eigenvalue weighted by molar-refractivity contribution is 5.77. The number of aliphatic carboxylic acids is 1. The van der Waals surface area contributed by atoms with Gasteiger partial charge in [-0.15, -0.1) is 0 Å². The first-order valence-electron chi connectivity index (χ1n) is 4.14. The predicted octanol–water partition coefficient (Wildman–Crippen LogP) is -0.343. The number of nitrogens with zero attached hydrogens (tertiary/aromatic N) is 1. The van der Waals surface area contributed by atoms with Gasteiger partial charge in [-0.2, -0.15) is 0 Å². The average Bonchev–Trinajstić information content (AvgIpc) is 1.98. The lowest BCUT2D eigenvalue weighted by Gasteiger charge is -2.16. The maximum atomic E-state index is 11.2. The molecule has 0 spiro atoms. The Morgan fingerprint density at radius 2 is 2.08 bits per heavy atom. The van der Waals surface area contributed by atoms with E-state index in [2.05, 4.69) is 0 Å². The highest BCUT2D eigenvalue weighted by Crippen LogP contribution is 1.95. The van der Waals surface area contributed by atoms with E-state index in [1.165, 1.54) is 4.90 Å². The summed E-state index contributed by atoms with van der Waals surface area (Å²) in [5.41, 5.74) is 5.42. The van der Waals surface area contributed by atoms with Crippen molar-refractivity contribution in [3.8, 4) is 0 Å². The van der Waals surface area contributed by atoms with Crippen LogP contribution in [0, 0.1) is 0 Å². The Labute approximate surface area is 77.5 Å². The first-order chi connectivity index (χ1) is 5.93. The molecule has 0 bridgehead atoms. The lowest BCUT2D eigenvalue weighted by Crippen LogP contribution is -2.33. The summed E-state index contributed by atoms with van der Waals surface area (Å²) in [5, 5.41) is 8.36. The number of carbonyl (C=O) groups excluding carboxylic acids is 1. The van der Waals surface area contributed by atoms with Crippen molar-refractivity contribution in [3.63, 3.8) is 0 Å². The van der Waals surface area contributed by atoms with Crippen LogP contribution in [0.1, 0.15) is 19.8 Å². The molecule has 5 heteroatoms. The minimum atomic E-state index is -0.902. The van der Waals surface area contributed by atoms with Gasteiger partial charge in [0.05, 0.1) is 6.42 Å². The van der Waals surface area contributed by atoms with Gasteiger partial charge in [0.2, 0.25) is 5.91 Å². The van der Waals surface area contributed by atoms with Crippen molar-refractivity contribution < 1.29 is 14.7 Å². The number of nitrogens with two attached hydrogens (primary N) is 1. The Balaban J connectivity index is 3.76. The van der Waals surface area contributed by atoms with E-state index in [4.69, 9.17) is 10.8 Å². The normalized spacial score (nSPS) is 12.2. The zero-order chi connectivity index (χ0) is 10.4. The predicted molar refractivity (Wildman–Crippen MR) is 48.2 cm³/mol. The van der Waals surface area contributed by atoms with E-state index in [1.807, 2.05) is 0 Å². The van der Waals surface area contributed by atoms with Gasteiger partial charge in [0, 0.05) is 26.1 Å². The van der Waals surface area contributed by atoms with Crippen LogP contribution in [0.25, 0.3) is 0 Å². The number of carbonyl (C=O) groups is 2. The molecule has 0 rings (SSSR count). The van der Waals surface area contributed by atoms with Crippen LogP contribution >= 0.6 is 0 Å². The molecule has 5 nitrogen and oxygen atoms in total. The van der Waals surface area contributed by atoms with Crippen LogP contribution in [0.4, 0.5) is 0 Å². The molecule has 76 valence electrons. The van der Waals surface area contributed by atoms with Crippen LogP contribution in [0.5, 0.6) is 0 Å². The Kier molecular flexibility index (Phi) is 5.06. The minimum Gasteiger partial charge on any atom is -0.481 e. The summed E-state index contributed by atoms with van der Waals surface area (Å²) >= 11 is 0. The Bertz CT molecular complexity index is 192. The van der Waals surface area contributed by atoms with E-state index in [0.717, 1.165) is 0 Å². The van der Waals surface area contributed by atoms with Crippen molar-refractivity contribution in [2.24, 2.45) is 5.73 Å². The van der Waals surface area contributed by atoms with Crippen molar-refractivity contribution in [3.05, 3.63) is 0 Å². The highest BCUT2D eigenvalue weighted by atomic mass is 16.4. The van der Waals surface area contributed by atoms with Crippen LogP contribution in [0.2, 0.25) is 0 Å². The molecule has 0 saturated carbocycles. The molecule has 1 amide bonds. The number of carboxylic acid groups (broad SMARTS) is 1. The van der Waals surface area contributed by atoms with Gasteiger partial charge in [0.1, 0.15) is 0 Å². The molecular formula is C8H16N2O3. The van der Waals surface area contributed by atoms with Crippen LogP contribution in [0.3, 0.4) is 0 Å².